The normalized spacial score (nSPS) is 15.2. The minimum Gasteiger partial charge on any atom is -0.287 e. The fraction of sp³-hybridized carbons (Fsp3) is 0.357. The average Bonchev–Trinajstić information content (AvgIpc) is 2.90. The van der Waals surface area contributed by atoms with Gasteiger partial charge in [-0.3, -0.25) is 4.79 Å². The summed E-state index contributed by atoms with van der Waals surface area (Å²) in [6, 6.07) is 5.97. The van der Waals surface area contributed by atoms with Gasteiger partial charge in [-0.05, 0) is 65.4 Å². The number of halogens is 1. The van der Waals surface area contributed by atoms with Crippen LogP contribution in [0.15, 0.2) is 22.0 Å². The molecule has 18 heavy (non-hydrogen) atoms. The highest BCUT2D eigenvalue weighted by Crippen LogP contribution is 2.32. The molecule has 1 aliphatic rings. The molecule has 3 rings (SSSR count). The maximum atomic E-state index is 12.4. The Morgan fingerprint density at radius 1 is 1.06 bits per heavy atom. The second-order valence-electron chi connectivity index (χ2n) is 4.55. The van der Waals surface area contributed by atoms with Crippen LogP contribution in [-0.4, -0.2) is 5.78 Å². The lowest BCUT2D eigenvalue weighted by Crippen LogP contribution is -1.94. The molecular formula is C14H13BrOS2. The first-order valence-corrected chi connectivity index (χ1v) is 8.58. The molecule has 0 spiro atoms. The Kier molecular flexibility index (Phi) is 3.68. The summed E-state index contributed by atoms with van der Waals surface area (Å²) in [6.07, 6.45) is 6.16. The van der Waals surface area contributed by atoms with Gasteiger partial charge in [-0.2, -0.15) is 0 Å². The first-order valence-electron chi connectivity index (χ1n) is 6.15. The maximum absolute atomic E-state index is 12.4. The van der Waals surface area contributed by atoms with Crippen LogP contribution in [0.25, 0.3) is 0 Å². The van der Waals surface area contributed by atoms with Crippen LogP contribution < -0.4 is 0 Å². The third-order valence-corrected chi connectivity index (χ3v) is 6.13. The van der Waals surface area contributed by atoms with Crippen molar-refractivity contribution in [1.82, 2.24) is 0 Å². The van der Waals surface area contributed by atoms with Gasteiger partial charge in [0.1, 0.15) is 0 Å². The van der Waals surface area contributed by atoms with E-state index in [1.807, 2.05) is 12.1 Å². The second kappa shape index (κ2) is 5.27. The predicted octanol–water partition coefficient (Wildman–Crippen LogP) is 5.07. The first-order chi connectivity index (χ1) is 8.74. The molecule has 0 aliphatic heterocycles. The molecule has 1 aliphatic carbocycles. The van der Waals surface area contributed by atoms with Gasteiger partial charge in [0, 0.05) is 4.88 Å². The average molecular weight is 341 g/mol. The van der Waals surface area contributed by atoms with E-state index in [4.69, 9.17) is 0 Å². The van der Waals surface area contributed by atoms with Gasteiger partial charge in [0.05, 0.1) is 13.5 Å². The van der Waals surface area contributed by atoms with Crippen LogP contribution >= 0.6 is 38.6 Å². The van der Waals surface area contributed by atoms with Gasteiger partial charge in [0.25, 0.3) is 0 Å². The molecule has 1 nitrogen and oxygen atoms in total. The van der Waals surface area contributed by atoms with Crippen LogP contribution in [0.2, 0.25) is 0 Å². The third-order valence-electron chi connectivity index (χ3n) is 3.27. The van der Waals surface area contributed by atoms with Crippen LogP contribution in [0.5, 0.6) is 0 Å². The summed E-state index contributed by atoms with van der Waals surface area (Å²) >= 11 is 6.63. The van der Waals surface area contributed by atoms with E-state index in [1.54, 1.807) is 11.3 Å². The van der Waals surface area contributed by atoms with Crippen molar-refractivity contribution in [2.24, 2.45) is 0 Å². The number of carbonyl (C=O) groups excluding carboxylic acids is 1. The van der Waals surface area contributed by atoms with Crippen LogP contribution in [-0.2, 0) is 12.8 Å². The predicted molar refractivity (Wildman–Crippen MR) is 81.0 cm³/mol. The zero-order valence-corrected chi connectivity index (χ0v) is 13.1. The summed E-state index contributed by atoms with van der Waals surface area (Å²) in [6.45, 7) is 0. The smallest absolute Gasteiger partial charge is 0.212 e. The molecule has 0 aromatic carbocycles. The van der Waals surface area contributed by atoms with Crippen molar-refractivity contribution < 1.29 is 4.79 Å². The van der Waals surface area contributed by atoms with Gasteiger partial charge in [0.15, 0.2) is 0 Å². The number of aryl methyl sites for hydroxylation is 2. The Morgan fingerprint density at radius 3 is 2.67 bits per heavy atom. The lowest BCUT2D eigenvalue weighted by molar-refractivity contribution is 0.104. The van der Waals surface area contributed by atoms with Crippen LogP contribution in [0.3, 0.4) is 0 Å². The second-order valence-corrected chi connectivity index (χ2v) is 8.15. The van der Waals surface area contributed by atoms with Crippen molar-refractivity contribution in [3.05, 3.63) is 42.2 Å². The largest absolute Gasteiger partial charge is 0.287 e. The molecule has 0 saturated carbocycles. The minimum atomic E-state index is 0.184. The molecule has 0 N–H and O–H groups in total. The Hall–Kier alpha value is -0.450. The quantitative estimate of drug-likeness (QED) is 0.550. The summed E-state index contributed by atoms with van der Waals surface area (Å²) in [7, 11) is 0. The molecule has 4 heteroatoms. The molecule has 2 aromatic rings. The number of carbonyl (C=O) groups is 1. The number of thiophene rings is 2. The number of rotatable bonds is 2. The monoisotopic (exact) mass is 340 g/mol. The van der Waals surface area contributed by atoms with Crippen molar-refractivity contribution in [2.45, 2.75) is 32.1 Å². The van der Waals surface area contributed by atoms with Crippen molar-refractivity contribution in [3.63, 3.8) is 0 Å². The standard InChI is InChI=1S/C14H13BrOS2/c15-13-7-6-11(18-13)14(16)12-8-9-4-2-1-3-5-10(9)17-12/h6-8H,1-5H2. The topological polar surface area (TPSA) is 17.1 Å². The van der Waals surface area contributed by atoms with Crippen molar-refractivity contribution in [1.29, 1.82) is 0 Å². The molecule has 0 bridgehead atoms. The first kappa shape index (κ1) is 12.6. The summed E-state index contributed by atoms with van der Waals surface area (Å²) in [5, 5.41) is 0. The lowest BCUT2D eigenvalue weighted by Gasteiger charge is -1.93. The number of ketones is 1. The van der Waals surface area contributed by atoms with E-state index in [-0.39, 0.29) is 5.78 Å². The van der Waals surface area contributed by atoms with E-state index < -0.39 is 0 Å². The Bertz CT molecular complexity index is 559. The summed E-state index contributed by atoms with van der Waals surface area (Å²) in [5.41, 5.74) is 1.41. The van der Waals surface area contributed by atoms with E-state index in [1.165, 1.54) is 41.0 Å². The molecule has 0 atom stereocenters. The zero-order valence-electron chi connectivity index (χ0n) is 9.87. The van der Waals surface area contributed by atoms with Gasteiger partial charge < -0.3 is 0 Å². The van der Waals surface area contributed by atoms with E-state index >= 15 is 0 Å². The Morgan fingerprint density at radius 2 is 1.89 bits per heavy atom. The SMILES string of the molecule is O=C(c1ccc(Br)s1)c1cc2c(s1)CCCCC2. The van der Waals surface area contributed by atoms with Crippen molar-refractivity contribution in [2.75, 3.05) is 0 Å². The molecule has 0 saturated heterocycles. The number of hydrogen-bond acceptors (Lipinski definition) is 3. The Labute approximate surface area is 123 Å². The van der Waals surface area contributed by atoms with Gasteiger partial charge in [0.2, 0.25) is 5.78 Å². The van der Waals surface area contributed by atoms with Crippen molar-refractivity contribution >= 4 is 44.4 Å². The Balaban J connectivity index is 1.91. The molecule has 0 radical (unpaired) electrons. The highest BCUT2D eigenvalue weighted by atomic mass is 79.9. The highest BCUT2D eigenvalue weighted by Gasteiger charge is 2.18. The molecular weight excluding hydrogens is 328 g/mol. The number of hydrogen-bond donors (Lipinski definition) is 0. The zero-order chi connectivity index (χ0) is 12.5. The summed E-state index contributed by atoms with van der Waals surface area (Å²) in [5.74, 6) is 0.184. The van der Waals surface area contributed by atoms with E-state index in [0.717, 1.165) is 26.4 Å². The van der Waals surface area contributed by atoms with Crippen LogP contribution in [0.1, 0.15) is 44.3 Å². The van der Waals surface area contributed by atoms with Crippen molar-refractivity contribution in [3.8, 4) is 0 Å². The third kappa shape index (κ3) is 2.46. The summed E-state index contributed by atoms with van der Waals surface area (Å²) in [4.78, 5) is 15.5. The van der Waals surface area contributed by atoms with Crippen LogP contribution in [0.4, 0.5) is 0 Å². The van der Waals surface area contributed by atoms with E-state index in [0.29, 0.717) is 0 Å². The minimum absolute atomic E-state index is 0.184. The molecule has 94 valence electrons. The molecule has 0 fully saturated rings. The van der Waals surface area contributed by atoms with Gasteiger partial charge >= 0.3 is 0 Å². The fourth-order valence-corrected chi connectivity index (χ4v) is 4.95. The maximum Gasteiger partial charge on any atom is 0.212 e. The molecule has 2 heterocycles. The van der Waals surface area contributed by atoms with Gasteiger partial charge in [-0.1, -0.05) is 6.42 Å². The highest BCUT2D eigenvalue weighted by molar-refractivity contribution is 9.11. The van der Waals surface area contributed by atoms with E-state index in [2.05, 4.69) is 22.0 Å². The molecule has 0 unspecified atom stereocenters. The molecule has 0 amide bonds. The van der Waals surface area contributed by atoms with Crippen LogP contribution in [0, 0.1) is 0 Å². The molecule has 2 aromatic heterocycles. The van der Waals surface area contributed by atoms with Gasteiger partial charge in [-0.15, -0.1) is 22.7 Å². The van der Waals surface area contributed by atoms with E-state index in [9.17, 15) is 4.79 Å². The fourth-order valence-electron chi connectivity index (χ4n) is 2.34. The lowest BCUT2D eigenvalue weighted by atomic mass is 10.1. The number of fused-ring (bicyclic) bond motifs is 1. The van der Waals surface area contributed by atoms with Gasteiger partial charge in [-0.25, -0.2) is 0 Å². The summed E-state index contributed by atoms with van der Waals surface area (Å²) < 4.78 is 1.02.